The number of nitrogens with zero attached hydrogens (tertiary/aromatic N) is 2. The lowest BCUT2D eigenvalue weighted by Crippen LogP contribution is -2.39. The number of aromatic nitrogens is 1. The van der Waals surface area contributed by atoms with Crippen LogP contribution in [0, 0.1) is 0 Å². The number of carbonyl (C=O) groups is 2. The van der Waals surface area contributed by atoms with Crippen LogP contribution in [-0.2, 0) is 22.5 Å². The topological polar surface area (TPSA) is 71.5 Å². The lowest BCUT2D eigenvalue weighted by atomic mass is 10.0. The predicted molar refractivity (Wildman–Crippen MR) is 130 cm³/mol. The molecule has 31 heavy (non-hydrogen) atoms. The van der Waals surface area contributed by atoms with Crippen molar-refractivity contribution in [1.82, 2.24) is 9.88 Å². The number of fused-ring (bicyclic) bond motifs is 2. The van der Waals surface area contributed by atoms with Crippen molar-refractivity contribution in [2.24, 2.45) is 0 Å². The zero-order valence-electron chi connectivity index (χ0n) is 17.5. The Morgan fingerprint density at radius 1 is 1.32 bits per heavy atom. The summed E-state index contributed by atoms with van der Waals surface area (Å²) in [5.41, 5.74) is 2.44. The van der Waals surface area contributed by atoms with E-state index in [1.807, 2.05) is 39.0 Å². The van der Waals surface area contributed by atoms with Gasteiger partial charge in [-0.3, -0.25) is 4.79 Å². The highest BCUT2D eigenvalue weighted by molar-refractivity contribution is 9.10. The average molecular weight is 520 g/mol. The number of carbonyl (C=O) groups excluding carboxylic acids is 2. The first-order chi connectivity index (χ1) is 14.6. The number of thiophene rings is 1. The molecule has 3 aromatic rings. The number of ether oxygens (including phenoxy) is 1. The zero-order valence-corrected chi connectivity index (χ0v) is 20.7. The molecule has 0 bridgehead atoms. The summed E-state index contributed by atoms with van der Waals surface area (Å²) >= 11 is 6.58. The summed E-state index contributed by atoms with van der Waals surface area (Å²) in [5.74, 6) is -0.271. The number of anilines is 1. The normalized spacial score (nSPS) is 13.7. The average Bonchev–Trinajstić information content (AvgIpc) is 3.25. The maximum atomic E-state index is 12.6. The van der Waals surface area contributed by atoms with E-state index < -0.39 is 5.60 Å². The van der Waals surface area contributed by atoms with Crippen LogP contribution in [0.1, 0.15) is 31.2 Å². The molecule has 0 unspecified atom stereocenters. The Kier molecular flexibility index (Phi) is 5.93. The van der Waals surface area contributed by atoms with E-state index in [2.05, 4.69) is 27.8 Å². The number of rotatable bonds is 3. The zero-order chi connectivity index (χ0) is 22.3. The minimum absolute atomic E-state index is 0.271. The van der Waals surface area contributed by atoms with Crippen molar-refractivity contribution in [3.8, 4) is 10.6 Å². The fourth-order valence-corrected chi connectivity index (χ4v) is 6.30. The molecule has 0 fully saturated rings. The van der Waals surface area contributed by atoms with E-state index in [9.17, 15) is 9.59 Å². The van der Waals surface area contributed by atoms with Gasteiger partial charge in [-0.25, -0.2) is 9.78 Å². The fraction of sp³-hybridized carbons (Fsp3) is 0.318. The number of thiazole rings is 1. The van der Waals surface area contributed by atoms with Crippen LogP contribution >= 0.6 is 38.6 Å². The van der Waals surface area contributed by atoms with E-state index >= 15 is 0 Å². The summed E-state index contributed by atoms with van der Waals surface area (Å²) in [5, 5.41) is 4.53. The maximum Gasteiger partial charge on any atom is 0.410 e. The molecule has 2 aromatic heterocycles. The molecule has 0 atom stereocenters. The number of hydrogen-bond acceptors (Lipinski definition) is 6. The Morgan fingerprint density at radius 3 is 2.81 bits per heavy atom. The van der Waals surface area contributed by atoms with Crippen LogP contribution in [0.25, 0.3) is 20.8 Å². The van der Waals surface area contributed by atoms with Crippen molar-refractivity contribution in [3.63, 3.8) is 0 Å². The van der Waals surface area contributed by atoms with Gasteiger partial charge in [-0.15, -0.1) is 22.7 Å². The quantitative estimate of drug-likeness (QED) is 0.417. The van der Waals surface area contributed by atoms with Gasteiger partial charge < -0.3 is 15.0 Å². The first-order valence-corrected chi connectivity index (χ1v) is 12.2. The number of hydrogen-bond donors (Lipinski definition) is 1. The molecule has 6 nitrogen and oxygen atoms in total. The molecule has 1 N–H and O–H groups in total. The third-order valence-electron chi connectivity index (χ3n) is 4.70. The van der Waals surface area contributed by atoms with Crippen LogP contribution < -0.4 is 5.32 Å². The van der Waals surface area contributed by atoms with Crippen LogP contribution in [0.15, 0.2) is 35.3 Å². The summed E-state index contributed by atoms with van der Waals surface area (Å²) < 4.78 is 7.60. The van der Waals surface area contributed by atoms with Crippen molar-refractivity contribution < 1.29 is 14.3 Å². The smallest absolute Gasteiger partial charge is 0.410 e. The van der Waals surface area contributed by atoms with Crippen molar-refractivity contribution in [2.45, 2.75) is 39.3 Å². The summed E-state index contributed by atoms with van der Waals surface area (Å²) in [7, 11) is 0. The molecule has 0 saturated carbocycles. The maximum absolute atomic E-state index is 12.6. The van der Waals surface area contributed by atoms with Crippen LogP contribution in [-0.4, -0.2) is 34.0 Å². The Balaban J connectivity index is 1.74. The second-order valence-corrected chi connectivity index (χ2v) is 11.2. The van der Waals surface area contributed by atoms with E-state index in [0.29, 0.717) is 19.5 Å². The van der Waals surface area contributed by atoms with Crippen LogP contribution in [0.5, 0.6) is 0 Å². The molecule has 162 valence electrons. The molecule has 4 rings (SSSR count). The summed E-state index contributed by atoms with van der Waals surface area (Å²) in [6.45, 7) is 10.1. The van der Waals surface area contributed by atoms with Gasteiger partial charge in [-0.05, 0) is 57.0 Å². The second kappa shape index (κ2) is 8.37. The van der Waals surface area contributed by atoms with Gasteiger partial charge in [0.25, 0.3) is 0 Å². The summed E-state index contributed by atoms with van der Waals surface area (Å²) in [6, 6.07) is 5.99. The highest BCUT2D eigenvalue weighted by Crippen LogP contribution is 2.46. The van der Waals surface area contributed by atoms with Gasteiger partial charge in [0.1, 0.15) is 15.6 Å². The van der Waals surface area contributed by atoms with Crippen molar-refractivity contribution in [2.75, 3.05) is 11.9 Å². The molecule has 0 saturated heterocycles. The summed E-state index contributed by atoms with van der Waals surface area (Å²) in [6.07, 6.45) is 1.60. The third kappa shape index (κ3) is 4.68. The van der Waals surface area contributed by atoms with E-state index in [1.165, 1.54) is 17.4 Å². The molecule has 1 aromatic carbocycles. The van der Waals surface area contributed by atoms with Gasteiger partial charge in [0, 0.05) is 21.5 Å². The number of amides is 2. The molecule has 9 heteroatoms. The SMILES string of the molecule is C=CC(=O)Nc1sc2c(c1-c1nc3ccc(Br)cc3s1)CCN(C(=O)OC(C)(C)C)C2. The van der Waals surface area contributed by atoms with Gasteiger partial charge in [-0.1, -0.05) is 22.5 Å². The Morgan fingerprint density at radius 2 is 2.10 bits per heavy atom. The van der Waals surface area contributed by atoms with E-state index in [-0.39, 0.29) is 12.0 Å². The van der Waals surface area contributed by atoms with Crippen LogP contribution in [0.4, 0.5) is 9.80 Å². The van der Waals surface area contributed by atoms with E-state index in [0.717, 1.165) is 40.7 Å². The highest BCUT2D eigenvalue weighted by Gasteiger charge is 2.31. The molecule has 0 spiro atoms. The van der Waals surface area contributed by atoms with Gasteiger partial charge in [0.15, 0.2) is 0 Å². The first-order valence-electron chi connectivity index (χ1n) is 9.77. The molecular formula is C22H22BrN3O3S2. The monoisotopic (exact) mass is 519 g/mol. The molecule has 2 amide bonds. The summed E-state index contributed by atoms with van der Waals surface area (Å²) in [4.78, 5) is 32.2. The van der Waals surface area contributed by atoms with E-state index in [1.54, 1.807) is 16.2 Å². The lowest BCUT2D eigenvalue weighted by Gasteiger charge is -2.30. The van der Waals surface area contributed by atoms with Crippen LogP contribution in [0.3, 0.4) is 0 Å². The predicted octanol–water partition coefficient (Wildman–Crippen LogP) is 6.21. The Hall–Kier alpha value is -2.23. The van der Waals surface area contributed by atoms with Gasteiger partial charge in [-0.2, -0.15) is 0 Å². The fourth-order valence-electron chi connectivity index (χ4n) is 3.37. The molecule has 1 aliphatic rings. The molecule has 0 aliphatic carbocycles. The van der Waals surface area contributed by atoms with Crippen molar-refractivity contribution in [3.05, 3.63) is 45.8 Å². The largest absolute Gasteiger partial charge is 0.444 e. The van der Waals surface area contributed by atoms with Crippen LogP contribution in [0.2, 0.25) is 0 Å². The molecule has 3 heterocycles. The number of halogens is 1. The van der Waals surface area contributed by atoms with Gasteiger partial charge >= 0.3 is 6.09 Å². The van der Waals surface area contributed by atoms with Gasteiger partial charge in [0.2, 0.25) is 5.91 Å². The Bertz CT molecular complexity index is 1190. The van der Waals surface area contributed by atoms with Crippen molar-refractivity contribution >= 4 is 65.8 Å². The molecular weight excluding hydrogens is 498 g/mol. The highest BCUT2D eigenvalue weighted by atomic mass is 79.9. The second-order valence-electron chi connectivity index (χ2n) is 8.18. The standard InChI is InChI=1S/C22H22BrN3O3S2/c1-5-17(27)25-20-18(19-24-14-7-6-12(23)10-15(14)30-19)13-8-9-26(11-16(13)31-20)21(28)29-22(2,3)4/h5-7,10H,1,8-9,11H2,2-4H3,(H,25,27). The third-order valence-corrected chi connectivity index (χ3v) is 7.36. The molecule has 1 aliphatic heterocycles. The lowest BCUT2D eigenvalue weighted by molar-refractivity contribution is -0.111. The van der Waals surface area contributed by atoms with E-state index in [4.69, 9.17) is 9.72 Å². The molecule has 0 radical (unpaired) electrons. The van der Waals surface area contributed by atoms with Crippen molar-refractivity contribution in [1.29, 1.82) is 0 Å². The number of benzene rings is 1. The number of nitrogens with one attached hydrogen (secondary N) is 1. The minimum Gasteiger partial charge on any atom is -0.444 e. The minimum atomic E-state index is -0.545. The van der Waals surface area contributed by atoms with Gasteiger partial charge in [0.05, 0.1) is 16.8 Å². The first kappa shape index (κ1) is 22.0. The Labute approximate surface area is 197 Å².